The van der Waals surface area contributed by atoms with Crippen LogP contribution in [0.25, 0.3) is 0 Å². The Balaban J connectivity index is 1.50. The van der Waals surface area contributed by atoms with E-state index >= 15 is 0 Å². The molecule has 0 bridgehead atoms. The van der Waals surface area contributed by atoms with Crippen LogP contribution in [0.4, 0.5) is 5.82 Å². The van der Waals surface area contributed by atoms with Crippen molar-refractivity contribution in [3.63, 3.8) is 0 Å². The molecule has 1 amide bonds. The predicted octanol–water partition coefficient (Wildman–Crippen LogP) is 3.29. The Bertz CT molecular complexity index is 1030. The number of benzene rings is 2. The first-order chi connectivity index (χ1) is 14.1. The topological polar surface area (TPSA) is 67.3 Å². The summed E-state index contributed by atoms with van der Waals surface area (Å²) in [4.78, 5) is 23.9. The quantitative estimate of drug-likeness (QED) is 0.727. The number of aromatic nitrogens is 2. The van der Waals surface area contributed by atoms with Gasteiger partial charge in [0.25, 0.3) is 5.91 Å². The summed E-state index contributed by atoms with van der Waals surface area (Å²) in [5.41, 5.74) is 3.98. The Kier molecular flexibility index (Phi) is 5.42. The molecule has 0 radical (unpaired) electrons. The number of fused-ring (bicyclic) bond motifs is 1. The van der Waals surface area contributed by atoms with Gasteiger partial charge in [-0.25, -0.2) is 9.97 Å². The molecule has 0 spiro atoms. The van der Waals surface area contributed by atoms with Crippen LogP contribution in [-0.2, 0) is 19.5 Å². The summed E-state index contributed by atoms with van der Waals surface area (Å²) < 4.78 is 5.35. The van der Waals surface area contributed by atoms with Gasteiger partial charge < -0.3 is 15.0 Å². The van der Waals surface area contributed by atoms with Crippen LogP contribution in [0, 0.1) is 6.92 Å². The molecule has 1 aromatic heterocycles. The van der Waals surface area contributed by atoms with Crippen molar-refractivity contribution in [2.75, 3.05) is 18.6 Å². The Labute approximate surface area is 170 Å². The fourth-order valence-electron chi connectivity index (χ4n) is 3.64. The zero-order valence-corrected chi connectivity index (χ0v) is 16.7. The zero-order valence-electron chi connectivity index (χ0n) is 16.7. The van der Waals surface area contributed by atoms with Gasteiger partial charge in [0.15, 0.2) is 0 Å². The average molecular weight is 388 g/mol. The lowest BCUT2D eigenvalue weighted by atomic mass is 10.00. The number of methoxy groups -OCH3 is 1. The maximum atomic E-state index is 12.7. The smallest absolute Gasteiger partial charge is 0.270 e. The Morgan fingerprint density at radius 3 is 2.69 bits per heavy atom. The number of hydrogen-bond donors (Lipinski definition) is 1. The van der Waals surface area contributed by atoms with Crippen LogP contribution in [0.3, 0.4) is 0 Å². The van der Waals surface area contributed by atoms with Crippen molar-refractivity contribution >= 4 is 11.7 Å². The number of nitrogens with zero attached hydrogens (tertiary/aromatic N) is 3. The summed E-state index contributed by atoms with van der Waals surface area (Å²) in [6, 6.07) is 17.9. The lowest BCUT2D eigenvalue weighted by Crippen LogP contribution is -2.32. The van der Waals surface area contributed by atoms with Gasteiger partial charge in [-0.05, 0) is 30.5 Å². The molecular formula is C23H24N4O2. The molecule has 0 fully saturated rings. The monoisotopic (exact) mass is 388 g/mol. The molecule has 2 aromatic carbocycles. The van der Waals surface area contributed by atoms with E-state index in [0.717, 1.165) is 36.6 Å². The number of ether oxygens (including phenoxy) is 1. The highest BCUT2D eigenvalue weighted by Gasteiger charge is 2.19. The second-order valence-corrected chi connectivity index (χ2v) is 7.09. The van der Waals surface area contributed by atoms with Crippen LogP contribution in [0.2, 0.25) is 0 Å². The summed E-state index contributed by atoms with van der Waals surface area (Å²) in [5, 5.41) is 2.94. The van der Waals surface area contributed by atoms with Gasteiger partial charge in [0.2, 0.25) is 0 Å². The molecule has 4 rings (SSSR count). The van der Waals surface area contributed by atoms with Crippen LogP contribution in [-0.4, -0.2) is 29.5 Å². The van der Waals surface area contributed by atoms with E-state index in [1.54, 1.807) is 13.2 Å². The average Bonchev–Trinajstić information content (AvgIpc) is 2.76. The number of rotatable bonds is 5. The number of carbonyl (C=O) groups excluding carboxylic acids is 1. The van der Waals surface area contributed by atoms with Crippen molar-refractivity contribution in [1.82, 2.24) is 15.3 Å². The molecule has 0 atom stereocenters. The number of nitrogens with one attached hydrogen (secondary N) is 1. The van der Waals surface area contributed by atoms with Crippen LogP contribution in [0.15, 0.2) is 54.6 Å². The van der Waals surface area contributed by atoms with E-state index in [9.17, 15) is 4.79 Å². The van der Waals surface area contributed by atoms with Gasteiger partial charge in [-0.15, -0.1) is 0 Å². The first kappa shape index (κ1) is 18.9. The molecule has 6 heteroatoms. The summed E-state index contributed by atoms with van der Waals surface area (Å²) in [6.45, 7) is 3.85. The van der Waals surface area contributed by atoms with Crippen molar-refractivity contribution in [1.29, 1.82) is 0 Å². The van der Waals surface area contributed by atoms with Crippen molar-refractivity contribution in [3.8, 4) is 5.75 Å². The van der Waals surface area contributed by atoms with Crippen molar-refractivity contribution in [3.05, 3.63) is 82.8 Å². The van der Waals surface area contributed by atoms with Crippen LogP contribution < -0.4 is 15.0 Å². The minimum absolute atomic E-state index is 0.222. The third-order valence-electron chi connectivity index (χ3n) is 5.14. The van der Waals surface area contributed by atoms with Crippen LogP contribution >= 0.6 is 0 Å². The number of aryl methyl sites for hydroxylation is 1. The number of carbonyl (C=O) groups is 1. The van der Waals surface area contributed by atoms with Gasteiger partial charge in [0.05, 0.1) is 7.11 Å². The van der Waals surface area contributed by atoms with E-state index in [4.69, 9.17) is 4.74 Å². The van der Waals surface area contributed by atoms with Crippen molar-refractivity contribution in [2.45, 2.75) is 26.4 Å². The largest absolute Gasteiger partial charge is 0.496 e. The van der Waals surface area contributed by atoms with E-state index < -0.39 is 0 Å². The molecule has 1 N–H and O–H groups in total. The van der Waals surface area contributed by atoms with Gasteiger partial charge in [0.1, 0.15) is 23.1 Å². The Morgan fingerprint density at radius 1 is 1.10 bits per heavy atom. The molecule has 3 aromatic rings. The fraction of sp³-hybridized carbons (Fsp3) is 0.261. The Hall–Kier alpha value is -3.41. The minimum atomic E-state index is -0.222. The lowest BCUT2D eigenvalue weighted by Gasteiger charge is -2.30. The number of amides is 1. The first-order valence-electron chi connectivity index (χ1n) is 9.71. The molecule has 29 heavy (non-hydrogen) atoms. The normalized spacial score (nSPS) is 13.0. The molecule has 6 nitrogen and oxygen atoms in total. The first-order valence-corrected chi connectivity index (χ1v) is 9.71. The molecule has 0 aliphatic carbocycles. The molecule has 0 saturated heterocycles. The van der Waals surface area contributed by atoms with Gasteiger partial charge in [-0.3, -0.25) is 4.79 Å². The number of anilines is 1. The van der Waals surface area contributed by atoms with E-state index in [1.807, 2.05) is 31.2 Å². The maximum absolute atomic E-state index is 12.7. The molecule has 0 unspecified atom stereocenters. The molecule has 1 aliphatic heterocycles. The summed E-state index contributed by atoms with van der Waals surface area (Å²) in [7, 11) is 1.62. The molecule has 148 valence electrons. The highest BCUT2D eigenvalue weighted by Crippen LogP contribution is 2.23. The minimum Gasteiger partial charge on any atom is -0.496 e. The van der Waals surface area contributed by atoms with Gasteiger partial charge in [0, 0.05) is 31.3 Å². The SMILES string of the molecule is COc1ccccc1CNC(=O)c1cc(N2CCc3ccccc3C2)nc(C)n1. The highest BCUT2D eigenvalue weighted by molar-refractivity contribution is 5.93. The molecule has 1 aliphatic rings. The van der Waals surface area contributed by atoms with Crippen LogP contribution in [0.1, 0.15) is 33.0 Å². The maximum Gasteiger partial charge on any atom is 0.270 e. The van der Waals surface area contributed by atoms with Crippen molar-refractivity contribution in [2.24, 2.45) is 0 Å². The predicted molar refractivity (Wildman–Crippen MR) is 112 cm³/mol. The van der Waals surface area contributed by atoms with E-state index in [-0.39, 0.29) is 5.91 Å². The molecular weight excluding hydrogens is 364 g/mol. The highest BCUT2D eigenvalue weighted by atomic mass is 16.5. The standard InChI is InChI=1S/C23H24N4O2/c1-16-25-20(23(28)24-14-18-8-5-6-10-21(18)29-2)13-22(26-16)27-12-11-17-7-3-4-9-19(17)15-27/h3-10,13H,11-12,14-15H2,1-2H3,(H,24,28). The van der Waals surface area contributed by atoms with Gasteiger partial charge in [-0.1, -0.05) is 42.5 Å². The molecule has 2 heterocycles. The third kappa shape index (κ3) is 4.21. The summed E-state index contributed by atoms with van der Waals surface area (Å²) in [6.07, 6.45) is 0.967. The van der Waals surface area contributed by atoms with Crippen LogP contribution in [0.5, 0.6) is 5.75 Å². The van der Waals surface area contributed by atoms with Gasteiger partial charge in [-0.2, -0.15) is 0 Å². The third-order valence-corrected chi connectivity index (χ3v) is 5.14. The van der Waals surface area contributed by atoms with E-state index in [2.05, 4.69) is 44.5 Å². The number of hydrogen-bond acceptors (Lipinski definition) is 5. The second kappa shape index (κ2) is 8.31. The van der Waals surface area contributed by atoms with Crippen molar-refractivity contribution < 1.29 is 9.53 Å². The Morgan fingerprint density at radius 2 is 1.86 bits per heavy atom. The molecule has 0 saturated carbocycles. The number of para-hydroxylation sites is 1. The fourth-order valence-corrected chi connectivity index (χ4v) is 3.64. The summed E-state index contributed by atoms with van der Waals surface area (Å²) >= 11 is 0. The summed E-state index contributed by atoms with van der Waals surface area (Å²) in [5.74, 6) is 1.90. The zero-order chi connectivity index (χ0) is 20.2. The van der Waals surface area contributed by atoms with Gasteiger partial charge >= 0.3 is 0 Å². The van der Waals surface area contributed by atoms with E-state index in [0.29, 0.717) is 18.1 Å². The lowest BCUT2D eigenvalue weighted by molar-refractivity contribution is 0.0945. The van der Waals surface area contributed by atoms with E-state index in [1.165, 1.54) is 11.1 Å². The second-order valence-electron chi connectivity index (χ2n) is 7.09.